The molecule has 20 heteroatoms. The summed E-state index contributed by atoms with van der Waals surface area (Å²) >= 11 is 0. The van der Waals surface area contributed by atoms with E-state index in [1.54, 1.807) is 43.9 Å². The maximum atomic E-state index is 14.0. The molecule has 0 fully saturated rings. The average molecular weight is 840 g/mol. The summed E-state index contributed by atoms with van der Waals surface area (Å²) in [6.07, 6.45) is 0.450. The van der Waals surface area contributed by atoms with Crippen LogP contribution in [0.25, 0.3) is 22.6 Å². The highest BCUT2D eigenvalue weighted by Crippen LogP contribution is 2.39. The third kappa shape index (κ3) is 8.14. The quantitative estimate of drug-likeness (QED) is 0.123. The third-order valence-electron chi connectivity index (χ3n) is 9.62. The van der Waals surface area contributed by atoms with E-state index in [9.17, 15) is 35.9 Å². The van der Waals surface area contributed by atoms with Gasteiger partial charge in [-0.25, -0.2) is 19.5 Å². The van der Waals surface area contributed by atoms with Gasteiger partial charge in [0.25, 0.3) is 11.8 Å². The summed E-state index contributed by atoms with van der Waals surface area (Å²) in [4.78, 5) is 46.2. The lowest BCUT2D eigenvalue weighted by Crippen LogP contribution is -2.40. The molecule has 0 spiro atoms. The van der Waals surface area contributed by atoms with Crippen LogP contribution >= 0.6 is 0 Å². The Morgan fingerprint density at radius 2 is 1.59 bits per heavy atom. The number of nitrogens with zero attached hydrogens (tertiary/aromatic N) is 8. The first-order chi connectivity index (χ1) is 29.0. The van der Waals surface area contributed by atoms with Crippen LogP contribution in [0.1, 0.15) is 44.1 Å². The first kappa shape index (κ1) is 40.0. The maximum absolute atomic E-state index is 14.0. The van der Waals surface area contributed by atoms with Crippen molar-refractivity contribution in [1.29, 1.82) is 0 Å². The largest absolute Gasteiger partial charge is 0.573 e. The zero-order valence-corrected chi connectivity index (χ0v) is 32.1. The Hall–Kier alpha value is -7.77. The van der Waals surface area contributed by atoms with Crippen molar-refractivity contribution in [2.24, 2.45) is 0 Å². The Kier molecular flexibility index (Phi) is 10.1. The van der Waals surface area contributed by atoms with E-state index in [0.717, 1.165) is 6.07 Å². The molecule has 0 bridgehead atoms. The van der Waals surface area contributed by atoms with Crippen molar-refractivity contribution < 1.29 is 40.7 Å². The number of aryl methyl sites for hydroxylation is 2. The molecule has 4 aromatic heterocycles. The van der Waals surface area contributed by atoms with Gasteiger partial charge in [0.1, 0.15) is 17.3 Å². The van der Waals surface area contributed by atoms with Crippen molar-refractivity contribution in [3.63, 3.8) is 0 Å². The number of halogens is 6. The van der Waals surface area contributed by atoms with Gasteiger partial charge in [0.05, 0.1) is 41.6 Å². The molecule has 2 aliphatic rings. The second-order valence-electron chi connectivity index (χ2n) is 13.7. The molecule has 14 nitrogen and oxygen atoms in total. The van der Waals surface area contributed by atoms with Crippen LogP contribution in [-0.4, -0.2) is 57.6 Å². The fourth-order valence-electron chi connectivity index (χ4n) is 6.84. The molecule has 310 valence electrons. The van der Waals surface area contributed by atoms with Crippen molar-refractivity contribution in [3.05, 3.63) is 155 Å². The molecule has 2 aromatic carbocycles. The maximum Gasteiger partial charge on any atom is 0.573 e. The summed E-state index contributed by atoms with van der Waals surface area (Å²) in [7, 11) is 0. The van der Waals surface area contributed by atoms with Crippen molar-refractivity contribution in [1.82, 2.24) is 44.9 Å². The molecule has 2 aliphatic heterocycles. The molecule has 0 aliphatic carbocycles. The molecule has 8 rings (SSSR count). The average Bonchev–Trinajstić information content (AvgIpc) is 3.80. The number of hydrogen-bond acceptors (Lipinski definition) is 11. The van der Waals surface area contributed by atoms with Gasteiger partial charge in [-0.1, -0.05) is 30.3 Å². The Balaban J connectivity index is 1.10. The Morgan fingerprint density at radius 1 is 0.836 bits per heavy atom. The van der Waals surface area contributed by atoms with E-state index in [4.69, 9.17) is 0 Å². The number of ether oxygens (including phenoxy) is 1. The highest BCUT2D eigenvalue weighted by molar-refractivity contribution is 6.04. The number of hydrogen-bond donors (Lipinski definition) is 3. The van der Waals surface area contributed by atoms with Gasteiger partial charge < -0.3 is 20.3 Å². The first-order valence-electron chi connectivity index (χ1n) is 18.2. The minimum absolute atomic E-state index is 0.0285. The molecule has 61 heavy (non-hydrogen) atoms. The van der Waals surface area contributed by atoms with Crippen molar-refractivity contribution in [2.75, 3.05) is 10.6 Å². The lowest BCUT2D eigenvalue weighted by atomic mass is 9.99. The van der Waals surface area contributed by atoms with Gasteiger partial charge in [-0.3, -0.25) is 25.0 Å². The van der Waals surface area contributed by atoms with E-state index in [1.165, 1.54) is 89.1 Å². The zero-order valence-electron chi connectivity index (χ0n) is 32.1. The number of benzene rings is 2. The monoisotopic (exact) mass is 839 g/mol. The van der Waals surface area contributed by atoms with Crippen molar-refractivity contribution in [2.45, 2.75) is 39.9 Å². The fourth-order valence-corrected chi connectivity index (χ4v) is 6.84. The highest BCUT2D eigenvalue weighted by Gasteiger charge is 2.37. The van der Waals surface area contributed by atoms with Gasteiger partial charge in [0, 0.05) is 41.1 Å². The van der Waals surface area contributed by atoms with Crippen molar-refractivity contribution >= 4 is 34.7 Å². The van der Waals surface area contributed by atoms with Crippen LogP contribution in [0.4, 0.5) is 37.8 Å². The van der Waals surface area contributed by atoms with Crippen LogP contribution in [0.3, 0.4) is 0 Å². The van der Waals surface area contributed by atoms with Gasteiger partial charge in [-0.15, -0.1) is 13.2 Å². The van der Waals surface area contributed by atoms with Crippen LogP contribution in [-0.2, 0) is 17.5 Å². The standard InChI is InChI=1S/C41H31F6N11O3/c1-22-16-25(52-38(59)31-18-50-37-24(3)23(2)36(55-58(31)37)27-8-4-6-10-29(27)40(42,43)44)17-26(51-22)20-56-21-32(39(60)53-34-19-48-14-15-49-34)57-35(56)13-12-30(54-57)28-9-5-7-11-33(28)61-41(45,46)47/h4-19,21,54H,20H2,1-3H3,(H,49,53,60)(H,51,52,59). The molecule has 3 N–H and O–H groups in total. The predicted octanol–water partition coefficient (Wildman–Crippen LogP) is 7.67. The number of pyridine rings is 1. The molecule has 0 unspecified atom stereocenters. The van der Waals surface area contributed by atoms with Crippen LogP contribution < -0.4 is 20.8 Å². The Morgan fingerprint density at radius 3 is 2.33 bits per heavy atom. The van der Waals surface area contributed by atoms with E-state index in [0.29, 0.717) is 34.0 Å². The summed E-state index contributed by atoms with van der Waals surface area (Å²) in [6.45, 7) is 5.07. The molecular weight excluding hydrogens is 809 g/mol. The van der Waals surface area contributed by atoms with Gasteiger partial charge in [0.2, 0.25) is 0 Å². The van der Waals surface area contributed by atoms with Crippen LogP contribution in [0, 0.1) is 20.8 Å². The second kappa shape index (κ2) is 15.4. The number of carbonyl (C=O) groups is 2. The van der Waals surface area contributed by atoms with Gasteiger partial charge in [-0.05, 0) is 74.4 Å². The number of amides is 2. The number of nitrogens with one attached hydrogen (secondary N) is 3. The Bertz CT molecular complexity index is 2820. The number of alkyl halides is 6. The summed E-state index contributed by atoms with van der Waals surface area (Å²) in [5.41, 5.74) is 4.82. The summed E-state index contributed by atoms with van der Waals surface area (Å²) < 4.78 is 87.5. The molecule has 6 heterocycles. The fraction of sp³-hybridized carbons (Fsp3) is 0.146. The SMILES string of the molecule is Cc1cc(NC(=O)c2cnc3c(C)c(C)c(-c4ccccc4C(F)(F)F)nn23)cc(CN2C=C(C(=O)Nc3cnccn3)N3NC(c4ccccc4OC(F)(F)F)=CC=C23)n1. The number of imidazole rings is 1. The highest BCUT2D eigenvalue weighted by atomic mass is 19.4. The lowest BCUT2D eigenvalue weighted by molar-refractivity contribution is -0.274. The molecule has 0 saturated carbocycles. The number of anilines is 2. The molecular formula is C41H31F6N11O3. The van der Waals surface area contributed by atoms with Crippen LogP contribution in [0.15, 0.2) is 115 Å². The van der Waals surface area contributed by atoms with E-state index in [2.05, 4.69) is 45.8 Å². The van der Waals surface area contributed by atoms with E-state index in [1.807, 2.05) is 0 Å². The van der Waals surface area contributed by atoms with E-state index >= 15 is 0 Å². The summed E-state index contributed by atoms with van der Waals surface area (Å²) in [5, 5.41) is 11.3. The topological polar surface area (TPSA) is 155 Å². The van der Waals surface area contributed by atoms with E-state index in [-0.39, 0.29) is 51.9 Å². The van der Waals surface area contributed by atoms with E-state index < -0.39 is 35.7 Å². The third-order valence-corrected chi connectivity index (χ3v) is 9.62. The second-order valence-corrected chi connectivity index (χ2v) is 13.7. The molecule has 2 amide bonds. The van der Waals surface area contributed by atoms with Crippen LogP contribution in [0.2, 0.25) is 0 Å². The number of aromatic nitrogens is 6. The van der Waals surface area contributed by atoms with Crippen LogP contribution in [0.5, 0.6) is 5.75 Å². The molecule has 0 atom stereocenters. The number of para-hydroxylation sites is 1. The van der Waals surface area contributed by atoms with Crippen molar-refractivity contribution in [3.8, 4) is 17.0 Å². The first-order valence-corrected chi connectivity index (χ1v) is 18.2. The summed E-state index contributed by atoms with van der Waals surface area (Å²) in [6, 6.07) is 13.8. The number of fused-ring (bicyclic) bond motifs is 2. The molecule has 0 radical (unpaired) electrons. The predicted molar refractivity (Wildman–Crippen MR) is 208 cm³/mol. The number of allylic oxidation sites excluding steroid dienone is 2. The lowest BCUT2D eigenvalue weighted by Gasteiger charge is -2.31. The van der Waals surface area contributed by atoms with Gasteiger partial charge in [0.15, 0.2) is 17.2 Å². The smallest absolute Gasteiger partial charge is 0.405 e. The zero-order chi connectivity index (χ0) is 43.2. The molecule has 6 aromatic rings. The minimum atomic E-state index is -4.96. The number of hydrazine groups is 1. The Labute approximate surface area is 341 Å². The molecule has 0 saturated heterocycles. The van der Waals surface area contributed by atoms with Gasteiger partial charge in [-0.2, -0.15) is 18.3 Å². The number of carbonyl (C=O) groups excluding carboxylic acids is 2. The minimum Gasteiger partial charge on any atom is -0.405 e. The van der Waals surface area contributed by atoms with Gasteiger partial charge >= 0.3 is 12.5 Å². The normalized spacial score (nSPS) is 13.9. The summed E-state index contributed by atoms with van der Waals surface area (Å²) in [5.74, 6) is -1.22. The number of rotatable bonds is 9.